The molecule has 0 spiro atoms. The Bertz CT molecular complexity index is 447. The minimum absolute atomic E-state index is 0.156. The van der Waals surface area contributed by atoms with Gasteiger partial charge in [0.15, 0.2) is 0 Å². The van der Waals surface area contributed by atoms with Crippen molar-refractivity contribution < 1.29 is 21.9 Å². The second-order valence-corrected chi connectivity index (χ2v) is 4.20. The van der Waals surface area contributed by atoms with E-state index in [9.17, 15) is 17.2 Å². The highest BCUT2D eigenvalue weighted by Gasteiger charge is 2.16. The van der Waals surface area contributed by atoms with Crippen molar-refractivity contribution in [1.29, 1.82) is 0 Å². The summed E-state index contributed by atoms with van der Waals surface area (Å²) in [6.45, 7) is -1.09. The van der Waals surface area contributed by atoms with Gasteiger partial charge in [0.25, 0.3) is 0 Å². The van der Waals surface area contributed by atoms with E-state index < -0.39 is 27.4 Å². The number of benzene rings is 1. The summed E-state index contributed by atoms with van der Waals surface area (Å²) in [5.74, 6) is -0.914. The first-order valence-electron chi connectivity index (χ1n) is 3.96. The van der Waals surface area contributed by atoms with Crippen molar-refractivity contribution in [3.63, 3.8) is 0 Å². The molecular weight excluding hydrogens is 228 g/mol. The third-order valence-corrected chi connectivity index (χ3v) is 2.48. The van der Waals surface area contributed by atoms with Crippen LogP contribution in [0.15, 0.2) is 23.1 Å². The molecular formula is C8H9F2NO3S. The molecule has 0 aromatic heterocycles. The lowest BCUT2D eigenvalue weighted by Crippen LogP contribution is -2.14. The Balaban J connectivity index is 3.15. The zero-order valence-electron chi connectivity index (χ0n) is 7.61. The summed E-state index contributed by atoms with van der Waals surface area (Å²) in [5, 5.41) is 4.83. The number of halogens is 2. The van der Waals surface area contributed by atoms with Crippen molar-refractivity contribution in [3.05, 3.63) is 24.0 Å². The second kappa shape index (κ2) is 4.54. The van der Waals surface area contributed by atoms with Crippen LogP contribution in [0.5, 0.6) is 5.75 Å². The van der Waals surface area contributed by atoms with E-state index >= 15 is 0 Å². The maximum absolute atomic E-state index is 12.8. The predicted molar refractivity (Wildman–Crippen MR) is 49.2 cm³/mol. The van der Waals surface area contributed by atoms with Crippen LogP contribution in [0.3, 0.4) is 0 Å². The number of rotatable bonds is 4. The molecule has 0 atom stereocenters. The van der Waals surface area contributed by atoms with Crippen LogP contribution in [0.1, 0.15) is 0 Å². The van der Waals surface area contributed by atoms with Gasteiger partial charge in [0.05, 0.1) is 0 Å². The van der Waals surface area contributed by atoms with Gasteiger partial charge < -0.3 is 4.74 Å². The lowest BCUT2D eigenvalue weighted by atomic mass is 10.3. The van der Waals surface area contributed by atoms with Crippen LogP contribution in [-0.2, 0) is 10.0 Å². The van der Waals surface area contributed by atoms with Gasteiger partial charge in [-0.15, -0.1) is 0 Å². The average Bonchev–Trinajstić information content (AvgIpc) is 2.14. The van der Waals surface area contributed by atoms with Crippen molar-refractivity contribution in [2.24, 2.45) is 5.14 Å². The van der Waals surface area contributed by atoms with Crippen LogP contribution >= 0.6 is 0 Å². The van der Waals surface area contributed by atoms with Gasteiger partial charge in [-0.3, -0.25) is 0 Å². The summed E-state index contributed by atoms with van der Waals surface area (Å²) in [6.07, 6.45) is 0. The first kappa shape index (κ1) is 11.9. The molecule has 0 aliphatic rings. The molecule has 0 heterocycles. The van der Waals surface area contributed by atoms with Gasteiger partial charge in [-0.05, 0) is 18.2 Å². The number of alkyl halides is 1. The molecule has 0 fully saturated rings. The minimum Gasteiger partial charge on any atom is -0.489 e. The predicted octanol–water partition coefficient (Wildman–Crippen LogP) is 0.821. The maximum Gasteiger partial charge on any atom is 0.241 e. The highest BCUT2D eigenvalue weighted by Crippen LogP contribution is 2.23. The van der Waals surface area contributed by atoms with Gasteiger partial charge in [0, 0.05) is 0 Å². The second-order valence-electron chi connectivity index (χ2n) is 2.67. The van der Waals surface area contributed by atoms with Crippen molar-refractivity contribution >= 4 is 10.0 Å². The summed E-state index contributed by atoms with van der Waals surface area (Å²) >= 11 is 0. The van der Waals surface area contributed by atoms with Gasteiger partial charge >= 0.3 is 0 Å². The van der Waals surface area contributed by atoms with Crippen LogP contribution < -0.4 is 9.88 Å². The van der Waals surface area contributed by atoms with Gasteiger partial charge in [0.1, 0.15) is 29.7 Å². The molecule has 0 aliphatic heterocycles. The fraction of sp³-hybridized carbons (Fsp3) is 0.250. The van der Waals surface area contributed by atoms with E-state index in [2.05, 4.69) is 0 Å². The molecule has 0 radical (unpaired) electrons. The molecule has 15 heavy (non-hydrogen) atoms. The summed E-state index contributed by atoms with van der Waals surface area (Å²) in [7, 11) is -4.07. The monoisotopic (exact) mass is 237 g/mol. The maximum atomic E-state index is 12.8. The average molecular weight is 237 g/mol. The van der Waals surface area contributed by atoms with Crippen LogP contribution in [0.25, 0.3) is 0 Å². The number of hydrogen-bond acceptors (Lipinski definition) is 3. The molecule has 0 amide bonds. The zero-order valence-corrected chi connectivity index (χ0v) is 8.43. The van der Waals surface area contributed by atoms with Crippen LogP contribution in [0.4, 0.5) is 8.78 Å². The lowest BCUT2D eigenvalue weighted by Gasteiger charge is -2.08. The summed E-state index contributed by atoms with van der Waals surface area (Å²) in [5.41, 5.74) is 0. The molecule has 1 aromatic rings. The molecule has 0 bridgehead atoms. The Morgan fingerprint density at radius 3 is 2.60 bits per heavy atom. The smallest absolute Gasteiger partial charge is 0.241 e. The Morgan fingerprint density at radius 2 is 2.07 bits per heavy atom. The quantitative estimate of drug-likeness (QED) is 0.842. The van der Waals surface area contributed by atoms with E-state index in [4.69, 9.17) is 9.88 Å². The van der Waals surface area contributed by atoms with E-state index in [1.54, 1.807) is 0 Å². The molecule has 0 aliphatic carbocycles. The number of primary sulfonamides is 1. The van der Waals surface area contributed by atoms with Crippen molar-refractivity contribution in [2.75, 3.05) is 13.3 Å². The number of hydrogen-bond donors (Lipinski definition) is 1. The van der Waals surface area contributed by atoms with Gasteiger partial charge in [0.2, 0.25) is 10.0 Å². The Kier molecular flexibility index (Phi) is 3.59. The van der Waals surface area contributed by atoms with E-state index in [1.165, 1.54) is 0 Å². The van der Waals surface area contributed by atoms with E-state index in [0.29, 0.717) is 0 Å². The number of ether oxygens (including phenoxy) is 1. The standard InChI is InChI=1S/C8H9F2NO3S/c9-3-4-14-7-2-1-6(10)5-8(7)15(11,12)13/h1-2,5H,3-4H2,(H2,11,12,13). The van der Waals surface area contributed by atoms with E-state index in [1.807, 2.05) is 0 Å². The van der Waals surface area contributed by atoms with Gasteiger partial charge in [-0.25, -0.2) is 22.3 Å². The fourth-order valence-corrected chi connectivity index (χ4v) is 1.66. The fourth-order valence-electron chi connectivity index (χ4n) is 0.972. The Labute approximate surface area is 85.7 Å². The molecule has 1 rings (SSSR count). The highest BCUT2D eigenvalue weighted by molar-refractivity contribution is 7.89. The minimum atomic E-state index is -4.07. The van der Waals surface area contributed by atoms with Crippen LogP contribution in [0, 0.1) is 5.82 Å². The van der Waals surface area contributed by atoms with Crippen LogP contribution in [0.2, 0.25) is 0 Å². The first-order valence-corrected chi connectivity index (χ1v) is 5.51. The molecule has 0 saturated carbocycles. The molecule has 4 nitrogen and oxygen atoms in total. The number of nitrogens with two attached hydrogens (primary N) is 1. The number of sulfonamides is 1. The topological polar surface area (TPSA) is 69.4 Å². The Morgan fingerprint density at radius 1 is 1.40 bits per heavy atom. The Hall–Kier alpha value is -1.21. The molecule has 84 valence electrons. The molecule has 2 N–H and O–H groups in total. The highest BCUT2D eigenvalue weighted by atomic mass is 32.2. The van der Waals surface area contributed by atoms with Crippen molar-refractivity contribution in [3.8, 4) is 5.75 Å². The first-order chi connectivity index (χ1) is 6.95. The molecule has 1 aromatic carbocycles. The third-order valence-electron chi connectivity index (χ3n) is 1.55. The summed E-state index contributed by atoms with van der Waals surface area (Å²) < 4.78 is 51.3. The van der Waals surface area contributed by atoms with Crippen LogP contribution in [-0.4, -0.2) is 21.7 Å². The van der Waals surface area contributed by atoms with Gasteiger partial charge in [-0.2, -0.15) is 0 Å². The molecule has 0 unspecified atom stereocenters. The molecule has 7 heteroatoms. The summed E-state index contributed by atoms with van der Waals surface area (Å²) in [4.78, 5) is -0.490. The van der Waals surface area contributed by atoms with Crippen molar-refractivity contribution in [1.82, 2.24) is 0 Å². The summed E-state index contributed by atoms with van der Waals surface area (Å²) in [6, 6.07) is 2.82. The molecule has 0 saturated heterocycles. The van der Waals surface area contributed by atoms with Crippen molar-refractivity contribution in [2.45, 2.75) is 4.90 Å². The normalized spacial score (nSPS) is 11.4. The van der Waals surface area contributed by atoms with E-state index in [0.717, 1.165) is 18.2 Å². The SMILES string of the molecule is NS(=O)(=O)c1cc(F)ccc1OCCF. The third kappa shape index (κ3) is 3.14. The van der Waals surface area contributed by atoms with Gasteiger partial charge in [-0.1, -0.05) is 0 Å². The zero-order chi connectivity index (χ0) is 11.5. The lowest BCUT2D eigenvalue weighted by molar-refractivity contribution is 0.267. The largest absolute Gasteiger partial charge is 0.489 e. The van der Waals surface area contributed by atoms with E-state index in [-0.39, 0.29) is 12.4 Å².